The maximum atomic E-state index is 13.1. The molecule has 1 N–H and O–H groups in total. The lowest BCUT2D eigenvalue weighted by Gasteiger charge is -2.55. The lowest BCUT2D eigenvalue weighted by Crippen LogP contribution is -2.60. The Labute approximate surface area is 209 Å². The molecule has 192 valence electrons. The van der Waals surface area contributed by atoms with Crippen LogP contribution in [0.15, 0.2) is 18.2 Å². The van der Waals surface area contributed by atoms with Crippen LogP contribution in [0.3, 0.4) is 0 Å². The number of hydrogen-bond acceptors (Lipinski definition) is 8. The normalized spacial score (nSPS) is 24.0. The number of benzene rings is 1. The summed E-state index contributed by atoms with van der Waals surface area (Å²) in [7, 11) is 0. The zero-order chi connectivity index (χ0) is 25.8. The highest BCUT2D eigenvalue weighted by Gasteiger charge is 2.47. The number of fused-ring (bicyclic) bond motifs is 1. The Bertz CT molecular complexity index is 1140. The second-order valence-electron chi connectivity index (χ2n) is 11.4. The van der Waals surface area contributed by atoms with E-state index < -0.39 is 35.3 Å². The number of carbonyl (C=O) groups is 5. The van der Waals surface area contributed by atoms with E-state index >= 15 is 0 Å². The lowest BCUT2D eigenvalue weighted by atomic mass is 9.71. The van der Waals surface area contributed by atoms with Crippen molar-refractivity contribution in [3.8, 4) is 0 Å². The van der Waals surface area contributed by atoms with Gasteiger partial charge in [-0.3, -0.25) is 39.1 Å². The molecule has 3 saturated heterocycles. The van der Waals surface area contributed by atoms with Crippen molar-refractivity contribution in [3.63, 3.8) is 0 Å². The molecule has 4 aliphatic heterocycles. The number of rotatable bonds is 4. The SMILES string of the molecule is CC(C)(C)OC(=O)CN1CCC2(CC1)CN(c1ccc3c(c1)C(=O)N(C1CCC(=O)NC1=O)C3=O)C2. The quantitative estimate of drug-likeness (QED) is 0.490. The second-order valence-corrected chi connectivity index (χ2v) is 11.4. The lowest BCUT2D eigenvalue weighted by molar-refractivity contribution is -0.156. The summed E-state index contributed by atoms with van der Waals surface area (Å²) in [5, 5.41) is 2.22. The van der Waals surface area contributed by atoms with Gasteiger partial charge in [0.05, 0.1) is 17.7 Å². The number of ether oxygens (including phenoxy) is 1. The summed E-state index contributed by atoms with van der Waals surface area (Å²) in [6.07, 6.45) is 2.21. The van der Waals surface area contributed by atoms with Crippen LogP contribution >= 0.6 is 0 Å². The zero-order valence-electron chi connectivity index (χ0n) is 21.0. The number of piperidine rings is 2. The van der Waals surface area contributed by atoms with Crippen molar-refractivity contribution in [3.05, 3.63) is 29.3 Å². The van der Waals surface area contributed by atoms with Crippen molar-refractivity contribution in [2.45, 2.75) is 58.1 Å². The van der Waals surface area contributed by atoms with Crippen LogP contribution in [0.25, 0.3) is 0 Å². The fourth-order valence-electron chi connectivity index (χ4n) is 5.66. The van der Waals surface area contributed by atoms with Crippen LogP contribution in [0.5, 0.6) is 0 Å². The van der Waals surface area contributed by atoms with Crippen LogP contribution in [0.2, 0.25) is 0 Å². The van der Waals surface area contributed by atoms with E-state index in [1.807, 2.05) is 26.8 Å². The van der Waals surface area contributed by atoms with E-state index in [9.17, 15) is 24.0 Å². The van der Waals surface area contributed by atoms with E-state index in [4.69, 9.17) is 4.74 Å². The van der Waals surface area contributed by atoms with Crippen LogP contribution in [0.1, 0.15) is 67.2 Å². The number of amides is 4. The molecule has 4 aliphatic rings. The first-order chi connectivity index (χ1) is 16.9. The number of nitrogens with zero attached hydrogens (tertiary/aromatic N) is 3. The predicted octanol–water partition coefficient (Wildman–Crippen LogP) is 1.33. The van der Waals surface area contributed by atoms with Crippen molar-refractivity contribution >= 4 is 35.3 Å². The van der Waals surface area contributed by atoms with E-state index in [0.29, 0.717) is 17.7 Å². The number of hydrogen-bond donors (Lipinski definition) is 1. The number of likely N-dealkylation sites (tertiary alicyclic amines) is 1. The Balaban J connectivity index is 1.19. The molecule has 10 heteroatoms. The predicted molar refractivity (Wildman–Crippen MR) is 129 cm³/mol. The molecule has 10 nitrogen and oxygen atoms in total. The van der Waals surface area contributed by atoms with Crippen molar-refractivity contribution in [2.75, 3.05) is 37.6 Å². The molecular formula is C26H32N4O6. The molecule has 0 bridgehead atoms. The van der Waals surface area contributed by atoms with Gasteiger partial charge in [0, 0.05) is 30.6 Å². The van der Waals surface area contributed by atoms with Crippen LogP contribution in [-0.2, 0) is 19.1 Å². The molecule has 0 aromatic heterocycles. The summed E-state index contributed by atoms with van der Waals surface area (Å²) in [5.74, 6) is -2.18. The first-order valence-electron chi connectivity index (χ1n) is 12.5. The number of esters is 1. The third-order valence-electron chi connectivity index (χ3n) is 7.53. The summed E-state index contributed by atoms with van der Waals surface area (Å²) in [5.41, 5.74) is 1.17. The molecule has 1 aromatic rings. The number of nitrogens with one attached hydrogen (secondary N) is 1. The van der Waals surface area contributed by atoms with Gasteiger partial charge in [-0.1, -0.05) is 0 Å². The fraction of sp³-hybridized carbons (Fsp3) is 0.577. The minimum atomic E-state index is -0.961. The van der Waals surface area contributed by atoms with Gasteiger partial charge in [0.2, 0.25) is 11.8 Å². The topological polar surface area (TPSA) is 116 Å². The Morgan fingerprint density at radius 1 is 1.06 bits per heavy atom. The van der Waals surface area contributed by atoms with Gasteiger partial charge in [-0.05, 0) is 71.3 Å². The summed E-state index contributed by atoms with van der Waals surface area (Å²) in [6, 6.07) is 4.29. The average molecular weight is 497 g/mol. The Kier molecular flexibility index (Phi) is 5.89. The van der Waals surface area contributed by atoms with Crippen LogP contribution < -0.4 is 10.2 Å². The third-order valence-corrected chi connectivity index (χ3v) is 7.53. The van der Waals surface area contributed by atoms with Crippen molar-refractivity contribution in [1.82, 2.24) is 15.1 Å². The highest BCUT2D eigenvalue weighted by atomic mass is 16.6. The van der Waals surface area contributed by atoms with Gasteiger partial charge in [0.15, 0.2) is 0 Å². The molecule has 0 radical (unpaired) electrons. The van der Waals surface area contributed by atoms with Gasteiger partial charge < -0.3 is 9.64 Å². The second kappa shape index (κ2) is 8.69. The van der Waals surface area contributed by atoms with E-state index in [1.165, 1.54) is 0 Å². The van der Waals surface area contributed by atoms with Crippen LogP contribution in [0, 0.1) is 5.41 Å². The molecule has 4 amide bonds. The molecule has 36 heavy (non-hydrogen) atoms. The van der Waals surface area contributed by atoms with Gasteiger partial charge in [-0.25, -0.2) is 0 Å². The molecule has 1 atom stereocenters. The standard InChI is InChI=1S/C26H32N4O6/c1-25(2,3)36-21(32)13-28-10-8-26(9-11-28)14-29(15-26)16-4-5-17-18(12-16)24(35)30(23(17)34)19-6-7-20(31)27-22(19)33/h4-5,12,19H,6-11,13-15H2,1-3H3,(H,27,31,33). The van der Waals surface area contributed by atoms with E-state index in [0.717, 1.165) is 49.6 Å². The van der Waals surface area contributed by atoms with Gasteiger partial charge >= 0.3 is 5.97 Å². The number of imide groups is 2. The van der Waals surface area contributed by atoms with E-state index in [1.54, 1.807) is 12.1 Å². The summed E-state index contributed by atoms with van der Waals surface area (Å²) in [4.78, 5) is 67.2. The van der Waals surface area contributed by atoms with E-state index in [2.05, 4.69) is 15.1 Å². The van der Waals surface area contributed by atoms with Gasteiger partial charge in [-0.15, -0.1) is 0 Å². The molecule has 1 aromatic carbocycles. The van der Waals surface area contributed by atoms with Crippen molar-refractivity contribution < 1.29 is 28.7 Å². The molecule has 0 saturated carbocycles. The molecule has 5 rings (SSSR count). The van der Waals surface area contributed by atoms with Crippen LogP contribution in [-0.4, -0.2) is 83.8 Å². The monoisotopic (exact) mass is 496 g/mol. The van der Waals surface area contributed by atoms with Gasteiger partial charge in [0.25, 0.3) is 11.8 Å². The van der Waals surface area contributed by atoms with Crippen molar-refractivity contribution in [2.24, 2.45) is 5.41 Å². The first-order valence-corrected chi connectivity index (χ1v) is 12.5. The van der Waals surface area contributed by atoms with Gasteiger partial charge in [0.1, 0.15) is 11.6 Å². The number of anilines is 1. The van der Waals surface area contributed by atoms with Crippen LogP contribution in [0.4, 0.5) is 5.69 Å². The Morgan fingerprint density at radius 3 is 2.36 bits per heavy atom. The van der Waals surface area contributed by atoms with Gasteiger partial charge in [-0.2, -0.15) is 0 Å². The summed E-state index contributed by atoms with van der Waals surface area (Å²) < 4.78 is 5.44. The minimum absolute atomic E-state index is 0.0973. The number of carbonyl (C=O) groups excluding carboxylic acids is 5. The Hall–Kier alpha value is -3.27. The molecule has 0 aliphatic carbocycles. The molecule has 4 heterocycles. The first kappa shape index (κ1) is 24.4. The smallest absolute Gasteiger partial charge is 0.320 e. The van der Waals surface area contributed by atoms with E-state index in [-0.39, 0.29) is 24.2 Å². The van der Waals surface area contributed by atoms with Crippen molar-refractivity contribution in [1.29, 1.82) is 0 Å². The third kappa shape index (κ3) is 4.50. The molecule has 1 spiro atoms. The molecule has 1 unspecified atom stereocenters. The minimum Gasteiger partial charge on any atom is -0.459 e. The molecular weight excluding hydrogens is 464 g/mol. The highest BCUT2D eigenvalue weighted by molar-refractivity contribution is 6.23. The summed E-state index contributed by atoms with van der Waals surface area (Å²) >= 11 is 0. The maximum Gasteiger partial charge on any atom is 0.320 e. The largest absolute Gasteiger partial charge is 0.459 e. The highest BCUT2D eigenvalue weighted by Crippen LogP contribution is 2.43. The Morgan fingerprint density at radius 2 is 1.72 bits per heavy atom. The zero-order valence-corrected chi connectivity index (χ0v) is 21.0. The maximum absolute atomic E-state index is 13.1. The summed E-state index contributed by atoms with van der Waals surface area (Å²) in [6.45, 7) is 9.30. The molecule has 3 fully saturated rings. The fourth-order valence-corrected chi connectivity index (χ4v) is 5.66. The average Bonchev–Trinajstić information content (AvgIpc) is 3.01.